The summed E-state index contributed by atoms with van der Waals surface area (Å²) in [6.45, 7) is 0. The van der Waals surface area contributed by atoms with Crippen molar-refractivity contribution in [1.29, 1.82) is 0 Å². The number of hydrogen-bond donors (Lipinski definition) is 0. The van der Waals surface area contributed by atoms with Crippen LogP contribution in [0.4, 0.5) is 0 Å². The van der Waals surface area contributed by atoms with Crippen LogP contribution >= 0.6 is 0 Å². The van der Waals surface area contributed by atoms with Crippen molar-refractivity contribution in [2.75, 3.05) is 0 Å². The Balaban J connectivity index is -0.0000000400. The smallest absolute Gasteiger partial charge is 0.759 e. The van der Waals surface area contributed by atoms with E-state index in [-0.39, 0.29) is 82.1 Å². The molecule has 0 heterocycles. The van der Waals surface area contributed by atoms with Crippen LogP contribution in [0.5, 0.6) is 0 Å². The maximum atomic E-state index is 8.52. The van der Waals surface area contributed by atoms with Crippen LogP contribution in [0.1, 0.15) is 0 Å². The molecule has 0 aliphatic heterocycles. The van der Waals surface area contributed by atoms with Crippen molar-refractivity contribution < 1.29 is 135 Å². The van der Waals surface area contributed by atoms with Gasteiger partial charge in [-0.15, -0.1) is 0 Å². The molecule has 0 spiro atoms. The molecule has 17 heteroatoms. The molecule has 12 nitrogen and oxygen atoms in total. The van der Waals surface area contributed by atoms with Crippen molar-refractivity contribution in [3.8, 4) is 0 Å². The molecule has 0 saturated carbocycles. The van der Waals surface area contributed by atoms with E-state index in [2.05, 4.69) is 0 Å². The van der Waals surface area contributed by atoms with Crippen LogP contribution in [0, 0.1) is 49.4 Å². The molecule has 0 aromatic heterocycles. The van der Waals surface area contributed by atoms with E-state index in [0.717, 1.165) is 0 Å². The van der Waals surface area contributed by atoms with Crippen molar-refractivity contribution in [3.05, 3.63) is 0 Å². The molecule has 17 heavy (non-hydrogen) atoms. The third-order valence-electron chi connectivity index (χ3n) is 0. The minimum Gasteiger partial charge on any atom is -0.759 e. The van der Waals surface area contributed by atoms with Gasteiger partial charge in [0.25, 0.3) is 0 Å². The molecule has 0 N–H and O–H groups in total. The van der Waals surface area contributed by atoms with Crippen LogP contribution in [0.25, 0.3) is 0 Å². The maximum absolute atomic E-state index is 8.52. The third-order valence-corrected chi connectivity index (χ3v) is 0. The summed E-state index contributed by atoms with van der Waals surface area (Å²) in [5.74, 6) is 0. The van der Waals surface area contributed by atoms with E-state index in [1.54, 1.807) is 0 Å². The fourth-order valence-corrected chi connectivity index (χ4v) is 0. The van der Waals surface area contributed by atoms with Crippen LogP contribution in [-0.4, -0.2) is 52.6 Å². The van der Waals surface area contributed by atoms with Gasteiger partial charge in [0.2, 0.25) is 0 Å². The van der Waals surface area contributed by atoms with Crippen LogP contribution < -0.4 is 0 Å². The van der Waals surface area contributed by atoms with E-state index < -0.39 is 31.2 Å². The second-order valence-corrected chi connectivity index (χ2v) is 3.67. The molecule has 0 aliphatic rings. The topological polar surface area (TPSA) is 241 Å². The Kier molecular flexibility index (Phi) is 24.7. The first-order chi connectivity index (χ1) is 6.00. The molecule has 0 aliphatic carbocycles. The average molecular weight is 529 g/mol. The zero-order valence-electron chi connectivity index (χ0n) is 7.08. The van der Waals surface area contributed by atoms with Gasteiger partial charge in [-0.05, 0) is 0 Å². The molecule has 0 rings (SSSR count). The minimum atomic E-state index is -5.17. The van der Waals surface area contributed by atoms with Crippen molar-refractivity contribution in [2.24, 2.45) is 0 Å². The molecule has 0 saturated heterocycles. The van der Waals surface area contributed by atoms with Gasteiger partial charge in [0.1, 0.15) is 0 Å². The monoisotopic (exact) mass is 530 g/mol. The largest absolute Gasteiger partial charge is 3.00 e. The first-order valence-corrected chi connectivity index (χ1v) is 6.00. The predicted octanol–water partition coefficient (Wildman–Crippen LogP) is -4.02. The zero-order valence-corrected chi connectivity index (χ0v) is 14.8. The summed E-state index contributed by atoms with van der Waals surface area (Å²) in [6.07, 6.45) is 0. The van der Waals surface area contributed by atoms with Crippen LogP contribution in [0.2, 0.25) is 0 Å². The van der Waals surface area contributed by atoms with Crippen LogP contribution in [-0.2, 0) is 63.9 Å². The Labute approximate surface area is 163 Å². The number of rotatable bonds is 0. The standard InChI is InChI=1S/Eu.3H2O4S.Y/c;3*1-5(2,3)4;/h;3*(H2,1,2,3,4);/q+3;;;;+3/p-6. The fraction of sp³-hybridized carbons (Fsp3) is 0. The fourth-order valence-electron chi connectivity index (χ4n) is 0. The molecular formula is EuO12S3Y. The maximum Gasteiger partial charge on any atom is 3.00 e. The molecule has 0 unspecified atom stereocenters. The predicted molar refractivity (Wildman–Crippen MR) is 31.4 cm³/mol. The first kappa shape index (κ1) is 31.6. The van der Waals surface area contributed by atoms with Gasteiger partial charge in [0, 0.05) is 31.2 Å². The summed E-state index contributed by atoms with van der Waals surface area (Å²) in [6, 6.07) is 0. The number of hydrogen-bond acceptors (Lipinski definition) is 12. The second kappa shape index (κ2) is 13.3. The Bertz CT molecular complexity index is 343. The van der Waals surface area contributed by atoms with E-state index in [1.807, 2.05) is 0 Å². The summed E-state index contributed by atoms with van der Waals surface area (Å²) >= 11 is 0. The first-order valence-electron chi connectivity index (χ1n) is 2.00. The Morgan fingerprint density at radius 2 is 0.471 bits per heavy atom. The Morgan fingerprint density at radius 1 is 0.471 bits per heavy atom. The zero-order chi connectivity index (χ0) is 13.5. The van der Waals surface area contributed by atoms with E-state index in [1.165, 1.54) is 0 Å². The van der Waals surface area contributed by atoms with E-state index in [4.69, 9.17) is 52.6 Å². The van der Waals surface area contributed by atoms with Crippen molar-refractivity contribution in [2.45, 2.75) is 0 Å². The summed E-state index contributed by atoms with van der Waals surface area (Å²) in [4.78, 5) is 0. The van der Waals surface area contributed by atoms with Gasteiger partial charge in [0.15, 0.2) is 0 Å². The van der Waals surface area contributed by atoms with Gasteiger partial charge >= 0.3 is 82.1 Å². The van der Waals surface area contributed by atoms with E-state index >= 15 is 0 Å². The van der Waals surface area contributed by atoms with Crippen molar-refractivity contribution in [1.82, 2.24) is 0 Å². The molecule has 0 aromatic rings. The summed E-state index contributed by atoms with van der Waals surface area (Å²) < 4.78 is 102. The average Bonchev–Trinajstić information content (AvgIpc) is 1.41. The molecule has 100 valence electrons. The van der Waals surface area contributed by atoms with E-state index in [9.17, 15) is 0 Å². The quantitative estimate of drug-likeness (QED) is 0.215. The molecule has 0 bridgehead atoms. The Hall–Kier alpha value is 2.30. The molecule has 0 atom stereocenters. The van der Waals surface area contributed by atoms with Gasteiger partial charge < -0.3 is 27.3 Å². The third kappa shape index (κ3) is 920. The van der Waals surface area contributed by atoms with E-state index in [0.29, 0.717) is 0 Å². The van der Waals surface area contributed by atoms with Crippen LogP contribution in [0.15, 0.2) is 0 Å². The minimum absolute atomic E-state index is 0. The second-order valence-electron chi connectivity index (χ2n) is 1.22. The molecular weight excluding hydrogens is 529 g/mol. The van der Waals surface area contributed by atoms with Crippen molar-refractivity contribution >= 4 is 31.2 Å². The van der Waals surface area contributed by atoms with Gasteiger partial charge in [-0.3, -0.25) is 25.3 Å². The molecule has 0 fully saturated rings. The Morgan fingerprint density at radius 3 is 0.471 bits per heavy atom. The van der Waals surface area contributed by atoms with Crippen molar-refractivity contribution in [3.63, 3.8) is 0 Å². The molecule has 0 radical (unpaired) electrons. The SMILES string of the molecule is O=S(=O)([O-])[O-].O=S(=O)([O-])[O-].O=S(=O)([O-])[O-].[Eu+3].[Y+3]. The van der Waals surface area contributed by atoms with Crippen LogP contribution in [0.3, 0.4) is 0 Å². The molecule has 0 aromatic carbocycles. The van der Waals surface area contributed by atoms with Gasteiger partial charge in [0.05, 0.1) is 0 Å². The molecule has 0 amide bonds. The van der Waals surface area contributed by atoms with Gasteiger partial charge in [-0.25, -0.2) is 0 Å². The summed E-state index contributed by atoms with van der Waals surface area (Å²) in [7, 11) is -15.5. The summed E-state index contributed by atoms with van der Waals surface area (Å²) in [5.41, 5.74) is 0. The van der Waals surface area contributed by atoms with Gasteiger partial charge in [-0.2, -0.15) is 0 Å². The normalized spacial score (nSPS) is 10.2. The summed E-state index contributed by atoms with van der Waals surface area (Å²) in [5, 5.41) is 0. The van der Waals surface area contributed by atoms with Gasteiger partial charge in [-0.1, -0.05) is 0 Å².